The second kappa shape index (κ2) is 10.9. The van der Waals surface area contributed by atoms with Gasteiger partial charge in [-0.2, -0.15) is 0 Å². The summed E-state index contributed by atoms with van der Waals surface area (Å²) >= 11 is 0. The van der Waals surface area contributed by atoms with Gasteiger partial charge in [0.15, 0.2) is 0 Å². The van der Waals surface area contributed by atoms with E-state index >= 15 is 0 Å². The summed E-state index contributed by atoms with van der Waals surface area (Å²) in [6, 6.07) is 13.1. The third kappa shape index (κ3) is 6.29. The van der Waals surface area contributed by atoms with Crippen molar-refractivity contribution in [3.8, 4) is 5.75 Å². The van der Waals surface area contributed by atoms with Crippen LogP contribution < -0.4 is 10.1 Å². The molecule has 0 bridgehead atoms. The Kier molecular flexibility index (Phi) is 8.04. The molecule has 2 aromatic rings. The first-order valence-corrected chi connectivity index (χ1v) is 10.9. The number of hydrogen-bond acceptors (Lipinski definition) is 3. The Morgan fingerprint density at radius 3 is 2.42 bits per heavy atom. The van der Waals surface area contributed by atoms with E-state index in [-0.39, 0.29) is 30.8 Å². The minimum Gasteiger partial charge on any atom is -0.497 e. The number of rotatable bonds is 8. The number of ether oxygens (including phenoxy) is 1. The van der Waals surface area contributed by atoms with Crippen molar-refractivity contribution in [2.45, 2.75) is 64.1 Å². The van der Waals surface area contributed by atoms with E-state index in [1.54, 1.807) is 32.2 Å². The van der Waals surface area contributed by atoms with Crippen LogP contribution in [0.5, 0.6) is 5.75 Å². The van der Waals surface area contributed by atoms with Gasteiger partial charge in [-0.15, -0.1) is 0 Å². The standard InChI is InChI=1S/C25H31FN2O3/c1-18(25(30)27-21-9-4-3-5-10-21)28(17-19-12-14-22(31-2)15-13-19)24(29)16-20-8-6-7-11-23(20)26/h6-8,11-15,18,21H,3-5,9-10,16-17H2,1-2H3,(H,27,30). The Morgan fingerprint density at radius 2 is 1.77 bits per heavy atom. The summed E-state index contributed by atoms with van der Waals surface area (Å²) in [6.45, 7) is 2.00. The van der Waals surface area contributed by atoms with Crippen LogP contribution in [0.15, 0.2) is 48.5 Å². The molecule has 1 unspecified atom stereocenters. The number of carbonyl (C=O) groups is 2. The fourth-order valence-corrected chi connectivity index (χ4v) is 3.99. The van der Waals surface area contributed by atoms with Gasteiger partial charge in [-0.1, -0.05) is 49.6 Å². The Hall–Kier alpha value is -2.89. The van der Waals surface area contributed by atoms with E-state index < -0.39 is 11.9 Å². The van der Waals surface area contributed by atoms with E-state index in [4.69, 9.17) is 4.74 Å². The maximum absolute atomic E-state index is 14.1. The van der Waals surface area contributed by atoms with E-state index in [2.05, 4.69) is 5.32 Å². The maximum Gasteiger partial charge on any atom is 0.242 e. The molecule has 0 aromatic heterocycles. The van der Waals surface area contributed by atoms with Gasteiger partial charge in [-0.05, 0) is 49.1 Å². The second-order valence-corrected chi connectivity index (χ2v) is 8.16. The van der Waals surface area contributed by atoms with Gasteiger partial charge in [0.25, 0.3) is 0 Å². The zero-order valence-corrected chi connectivity index (χ0v) is 18.3. The zero-order chi connectivity index (χ0) is 22.2. The van der Waals surface area contributed by atoms with Gasteiger partial charge in [-0.3, -0.25) is 9.59 Å². The summed E-state index contributed by atoms with van der Waals surface area (Å²) in [7, 11) is 1.59. The number of benzene rings is 2. The quantitative estimate of drug-likeness (QED) is 0.687. The van der Waals surface area contributed by atoms with Crippen molar-refractivity contribution < 1.29 is 18.7 Å². The van der Waals surface area contributed by atoms with Crippen LogP contribution in [0.2, 0.25) is 0 Å². The molecule has 0 aliphatic heterocycles. The average Bonchev–Trinajstić information content (AvgIpc) is 2.79. The topological polar surface area (TPSA) is 58.6 Å². The van der Waals surface area contributed by atoms with Gasteiger partial charge in [-0.25, -0.2) is 4.39 Å². The van der Waals surface area contributed by atoms with Crippen LogP contribution in [0.4, 0.5) is 4.39 Å². The number of amides is 2. The van der Waals surface area contributed by atoms with Crippen molar-refractivity contribution in [3.05, 3.63) is 65.5 Å². The number of carbonyl (C=O) groups excluding carboxylic acids is 2. The normalized spacial score (nSPS) is 15.2. The molecule has 1 atom stereocenters. The molecule has 3 rings (SSSR count). The predicted octanol–water partition coefficient (Wildman–Crippen LogP) is 4.24. The molecule has 1 fully saturated rings. The lowest BCUT2D eigenvalue weighted by Gasteiger charge is -2.31. The molecule has 0 radical (unpaired) electrons. The van der Waals surface area contributed by atoms with Gasteiger partial charge >= 0.3 is 0 Å². The molecule has 2 amide bonds. The summed E-state index contributed by atoms with van der Waals surface area (Å²) in [5.41, 5.74) is 1.20. The molecular weight excluding hydrogens is 395 g/mol. The lowest BCUT2D eigenvalue weighted by molar-refractivity contribution is -0.140. The minimum atomic E-state index is -0.664. The second-order valence-electron chi connectivity index (χ2n) is 8.16. The van der Waals surface area contributed by atoms with Crippen LogP contribution >= 0.6 is 0 Å². The fraction of sp³-hybridized carbons (Fsp3) is 0.440. The van der Waals surface area contributed by atoms with Crippen LogP contribution in [0.3, 0.4) is 0 Å². The van der Waals surface area contributed by atoms with Crippen LogP contribution in [-0.4, -0.2) is 35.9 Å². The average molecular weight is 427 g/mol. The van der Waals surface area contributed by atoms with Crippen molar-refractivity contribution in [2.24, 2.45) is 0 Å². The number of halogens is 1. The Bertz CT molecular complexity index is 879. The van der Waals surface area contributed by atoms with Crippen molar-refractivity contribution >= 4 is 11.8 Å². The van der Waals surface area contributed by atoms with E-state index in [1.165, 1.54) is 17.4 Å². The third-order valence-corrected chi connectivity index (χ3v) is 5.93. The zero-order valence-electron chi connectivity index (χ0n) is 18.3. The summed E-state index contributed by atoms with van der Waals surface area (Å²) in [6.07, 6.45) is 5.28. The summed E-state index contributed by atoms with van der Waals surface area (Å²) < 4.78 is 19.3. The van der Waals surface area contributed by atoms with Gasteiger partial charge in [0.2, 0.25) is 11.8 Å². The van der Waals surface area contributed by atoms with E-state index in [1.807, 2.05) is 24.3 Å². The molecule has 31 heavy (non-hydrogen) atoms. The monoisotopic (exact) mass is 426 g/mol. The van der Waals surface area contributed by atoms with E-state index in [0.29, 0.717) is 5.56 Å². The van der Waals surface area contributed by atoms with Crippen LogP contribution in [-0.2, 0) is 22.6 Å². The Balaban J connectivity index is 1.76. The van der Waals surface area contributed by atoms with Gasteiger partial charge < -0.3 is 15.0 Å². The highest BCUT2D eigenvalue weighted by Crippen LogP contribution is 2.19. The van der Waals surface area contributed by atoms with Crippen LogP contribution in [0.1, 0.15) is 50.2 Å². The number of methoxy groups -OCH3 is 1. The summed E-state index contributed by atoms with van der Waals surface area (Å²) in [4.78, 5) is 27.7. The predicted molar refractivity (Wildman–Crippen MR) is 118 cm³/mol. The first kappa shape index (κ1) is 22.8. The van der Waals surface area contributed by atoms with Gasteiger partial charge in [0.1, 0.15) is 17.6 Å². The van der Waals surface area contributed by atoms with Crippen LogP contribution in [0, 0.1) is 5.82 Å². The number of hydrogen-bond donors (Lipinski definition) is 1. The SMILES string of the molecule is COc1ccc(CN(C(=O)Cc2ccccc2F)C(C)C(=O)NC2CCCCC2)cc1. The minimum absolute atomic E-state index is 0.0934. The Morgan fingerprint density at radius 1 is 1.10 bits per heavy atom. The molecular formula is C25H31FN2O3. The van der Waals surface area contributed by atoms with Gasteiger partial charge in [0.05, 0.1) is 13.5 Å². The molecule has 1 saturated carbocycles. The number of nitrogens with one attached hydrogen (secondary N) is 1. The molecule has 1 aliphatic carbocycles. The molecule has 1 aliphatic rings. The highest BCUT2D eigenvalue weighted by atomic mass is 19.1. The van der Waals surface area contributed by atoms with Crippen molar-refractivity contribution in [1.82, 2.24) is 10.2 Å². The molecule has 6 heteroatoms. The van der Waals surface area contributed by atoms with Crippen molar-refractivity contribution in [1.29, 1.82) is 0 Å². The molecule has 0 saturated heterocycles. The Labute approximate surface area is 183 Å². The summed E-state index contributed by atoms with van der Waals surface area (Å²) in [5.74, 6) is -0.148. The van der Waals surface area contributed by atoms with Crippen LogP contribution in [0.25, 0.3) is 0 Å². The molecule has 0 spiro atoms. The van der Waals surface area contributed by atoms with E-state index in [0.717, 1.165) is 37.0 Å². The first-order chi connectivity index (χ1) is 15.0. The largest absolute Gasteiger partial charge is 0.497 e. The summed E-state index contributed by atoms with van der Waals surface area (Å²) in [5, 5.41) is 3.11. The lowest BCUT2D eigenvalue weighted by Crippen LogP contribution is -2.50. The lowest BCUT2D eigenvalue weighted by atomic mass is 9.95. The fourth-order valence-electron chi connectivity index (χ4n) is 3.99. The van der Waals surface area contributed by atoms with Gasteiger partial charge in [0, 0.05) is 12.6 Å². The molecule has 2 aromatic carbocycles. The van der Waals surface area contributed by atoms with Crippen molar-refractivity contribution in [2.75, 3.05) is 7.11 Å². The maximum atomic E-state index is 14.1. The number of nitrogens with zero attached hydrogens (tertiary/aromatic N) is 1. The smallest absolute Gasteiger partial charge is 0.242 e. The highest BCUT2D eigenvalue weighted by Gasteiger charge is 2.28. The highest BCUT2D eigenvalue weighted by molar-refractivity contribution is 5.88. The van der Waals surface area contributed by atoms with E-state index in [9.17, 15) is 14.0 Å². The molecule has 166 valence electrons. The molecule has 5 nitrogen and oxygen atoms in total. The first-order valence-electron chi connectivity index (χ1n) is 10.9. The molecule has 0 heterocycles. The molecule has 1 N–H and O–H groups in total. The van der Waals surface area contributed by atoms with Crippen molar-refractivity contribution in [3.63, 3.8) is 0 Å². The third-order valence-electron chi connectivity index (χ3n) is 5.93.